The van der Waals surface area contributed by atoms with Gasteiger partial charge in [0.25, 0.3) is 0 Å². The zero-order chi connectivity index (χ0) is 18.4. The van der Waals surface area contributed by atoms with E-state index in [4.69, 9.17) is 18.9 Å². The first-order chi connectivity index (χ1) is 13.2. The van der Waals surface area contributed by atoms with Crippen molar-refractivity contribution < 1.29 is 24.1 Å². The van der Waals surface area contributed by atoms with Gasteiger partial charge in [-0.05, 0) is 24.7 Å². The third kappa shape index (κ3) is 3.30. The van der Waals surface area contributed by atoms with Gasteiger partial charge in [-0.2, -0.15) is 0 Å². The molecule has 3 fully saturated rings. The number of likely N-dealkylation sites (N-methyl/N-ethyl adjacent to an activating group) is 1. The molecular weight excluding hydrogens is 350 g/mol. The smallest absolute Gasteiger partial charge is 0.231 e. The Bertz CT molecular complexity index is 681. The molecular formula is C19H27N3O5. The van der Waals surface area contributed by atoms with Crippen molar-refractivity contribution in [1.82, 2.24) is 15.1 Å². The van der Waals surface area contributed by atoms with Crippen molar-refractivity contribution in [2.24, 2.45) is 0 Å². The lowest BCUT2D eigenvalue weighted by Gasteiger charge is -2.46. The molecule has 2 N–H and O–H groups in total. The lowest BCUT2D eigenvalue weighted by atomic mass is 9.94. The lowest BCUT2D eigenvalue weighted by molar-refractivity contribution is -0.186. The first-order valence-corrected chi connectivity index (χ1v) is 9.69. The van der Waals surface area contributed by atoms with Crippen molar-refractivity contribution in [3.63, 3.8) is 0 Å². The number of aliphatic hydroxyl groups excluding tert-OH is 1. The number of nitrogens with zero attached hydrogens (tertiary/aromatic N) is 2. The molecule has 0 radical (unpaired) electrons. The SMILES string of the molecule is CN1CCN([C@@H]2[C@@H]3OC[C@H](O3)[C@@H](NCc3ccc4c(c3)OCO4)[C@@H]2O)CC1. The summed E-state index contributed by atoms with van der Waals surface area (Å²) in [5.41, 5.74) is 1.09. The highest BCUT2D eigenvalue weighted by Gasteiger charge is 2.52. The molecule has 5 atom stereocenters. The first kappa shape index (κ1) is 17.7. The minimum Gasteiger partial charge on any atom is -0.454 e. The quantitative estimate of drug-likeness (QED) is 0.735. The average molecular weight is 377 g/mol. The molecule has 2 bridgehead atoms. The van der Waals surface area contributed by atoms with E-state index in [1.165, 1.54) is 0 Å². The van der Waals surface area contributed by atoms with Crippen molar-refractivity contribution in [3.05, 3.63) is 23.8 Å². The van der Waals surface area contributed by atoms with E-state index in [0.29, 0.717) is 13.2 Å². The molecule has 0 saturated carbocycles. The number of aliphatic hydroxyl groups is 1. The van der Waals surface area contributed by atoms with Gasteiger partial charge in [0.2, 0.25) is 6.79 Å². The van der Waals surface area contributed by atoms with Gasteiger partial charge >= 0.3 is 0 Å². The predicted molar refractivity (Wildman–Crippen MR) is 96.7 cm³/mol. The maximum absolute atomic E-state index is 11.1. The largest absolute Gasteiger partial charge is 0.454 e. The fourth-order valence-electron chi connectivity index (χ4n) is 4.45. The molecule has 5 rings (SSSR count). The van der Waals surface area contributed by atoms with Gasteiger partial charge < -0.3 is 34.3 Å². The second kappa shape index (κ2) is 7.20. The van der Waals surface area contributed by atoms with Crippen molar-refractivity contribution in [3.8, 4) is 11.5 Å². The highest BCUT2D eigenvalue weighted by molar-refractivity contribution is 5.44. The number of hydrogen-bond acceptors (Lipinski definition) is 8. The maximum Gasteiger partial charge on any atom is 0.231 e. The second-order valence-corrected chi connectivity index (χ2v) is 7.79. The van der Waals surface area contributed by atoms with Crippen LogP contribution in [0.1, 0.15) is 5.56 Å². The Hall–Kier alpha value is -1.42. The van der Waals surface area contributed by atoms with Crippen LogP contribution in [0.25, 0.3) is 0 Å². The fraction of sp³-hybridized carbons (Fsp3) is 0.684. The van der Waals surface area contributed by atoms with Crippen LogP contribution in [0.3, 0.4) is 0 Å². The van der Waals surface area contributed by atoms with Crippen molar-refractivity contribution in [1.29, 1.82) is 0 Å². The number of nitrogens with one attached hydrogen (secondary N) is 1. The summed E-state index contributed by atoms with van der Waals surface area (Å²) < 4.78 is 22.8. The zero-order valence-electron chi connectivity index (χ0n) is 15.5. The highest BCUT2D eigenvalue weighted by Crippen LogP contribution is 2.34. The van der Waals surface area contributed by atoms with Gasteiger partial charge in [0.05, 0.1) is 24.8 Å². The first-order valence-electron chi connectivity index (χ1n) is 9.69. The van der Waals surface area contributed by atoms with Gasteiger partial charge in [-0.1, -0.05) is 6.07 Å². The average Bonchev–Trinajstić information content (AvgIpc) is 3.31. The van der Waals surface area contributed by atoms with E-state index in [2.05, 4.69) is 22.2 Å². The molecule has 4 heterocycles. The van der Waals surface area contributed by atoms with Crippen LogP contribution in [0, 0.1) is 0 Å². The molecule has 4 aliphatic rings. The molecule has 8 heteroatoms. The summed E-state index contributed by atoms with van der Waals surface area (Å²) in [5.74, 6) is 1.55. The zero-order valence-corrected chi connectivity index (χ0v) is 15.5. The number of piperazine rings is 1. The molecule has 1 aromatic carbocycles. The van der Waals surface area contributed by atoms with Gasteiger partial charge in [0.15, 0.2) is 17.8 Å². The summed E-state index contributed by atoms with van der Waals surface area (Å²) in [6, 6.07) is 5.62. The minimum absolute atomic E-state index is 0.122. The summed E-state index contributed by atoms with van der Waals surface area (Å²) in [4.78, 5) is 4.62. The molecule has 0 spiro atoms. The van der Waals surface area contributed by atoms with E-state index in [9.17, 15) is 5.11 Å². The normalized spacial score (nSPS) is 36.3. The fourth-order valence-corrected chi connectivity index (χ4v) is 4.45. The summed E-state index contributed by atoms with van der Waals surface area (Å²) in [6.45, 7) is 5.24. The summed E-state index contributed by atoms with van der Waals surface area (Å²) in [5, 5.41) is 14.6. The van der Waals surface area contributed by atoms with Crippen molar-refractivity contribution in [2.45, 2.75) is 37.1 Å². The monoisotopic (exact) mass is 377 g/mol. The Balaban J connectivity index is 1.27. The highest BCUT2D eigenvalue weighted by atomic mass is 16.7. The van der Waals surface area contributed by atoms with Gasteiger partial charge in [0.1, 0.15) is 6.10 Å². The standard InChI is InChI=1S/C19H27N3O5/c1-21-4-6-22(7-5-21)17-18(23)16(15-10-24-19(17)27-15)20-9-12-2-3-13-14(8-12)26-11-25-13/h2-3,8,15-20,23H,4-7,9-11H2,1H3/t15-,16+,17-,18-,19+/m0/s1. The predicted octanol–water partition coefficient (Wildman–Crippen LogP) is -0.394. The number of ether oxygens (including phenoxy) is 4. The van der Waals surface area contributed by atoms with Crippen LogP contribution in [0.5, 0.6) is 11.5 Å². The van der Waals surface area contributed by atoms with Crippen LogP contribution in [0.4, 0.5) is 0 Å². The molecule has 27 heavy (non-hydrogen) atoms. The summed E-state index contributed by atoms with van der Waals surface area (Å²) >= 11 is 0. The van der Waals surface area contributed by atoms with Crippen LogP contribution in [0.15, 0.2) is 18.2 Å². The van der Waals surface area contributed by atoms with Crippen molar-refractivity contribution in [2.75, 3.05) is 46.6 Å². The van der Waals surface area contributed by atoms with E-state index in [1.807, 2.05) is 18.2 Å². The van der Waals surface area contributed by atoms with Crippen LogP contribution < -0.4 is 14.8 Å². The summed E-state index contributed by atoms with van der Waals surface area (Å²) in [6.07, 6.45) is -0.992. The molecule has 8 nitrogen and oxygen atoms in total. The van der Waals surface area contributed by atoms with Gasteiger partial charge in [-0.25, -0.2) is 0 Å². The van der Waals surface area contributed by atoms with Gasteiger partial charge in [0, 0.05) is 32.7 Å². The molecule has 0 aliphatic carbocycles. The van der Waals surface area contributed by atoms with Gasteiger partial charge in [-0.15, -0.1) is 0 Å². The molecule has 1 aromatic rings. The Kier molecular flexibility index (Phi) is 4.71. The number of benzene rings is 1. The van der Waals surface area contributed by atoms with E-state index in [-0.39, 0.29) is 31.3 Å². The Morgan fingerprint density at radius 3 is 2.81 bits per heavy atom. The van der Waals surface area contributed by atoms with E-state index in [0.717, 1.165) is 43.2 Å². The third-order valence-corrected chi connectivity index (χ3v) is 6.07. The minimum atomic E-state index is -0.534. The van der Waals surface area contributed by atoms with Crippen LogP contribution in [-0.4, -0.2) is 92.1 Å². The van der Waals surface area contributed by atoms with E-state index in [1.54, 1.807) is 0 Å². The topological polar surface area (TPSA) is 75.7 Å². The molecule has 148 valence electrons. The van der Waals surface area contributed by atoms with Crippen LogP contribution in [-0.2, 0) is 16.0 Å². The van der Waals surface area contributed by atoms with Gasteiger partial charge in [-0.3, -0.25) is 4.90 Å². The molecule has 0 amide bonds. The maximum atomic E-state index is 11.1. The third-order valence-electron chi connectivity index (χ3n) is 6.07. The summed E-state index contributed by atoms with van der Waals surface area (Å²) in [7, 11) is 2.13. The molecule has 3 saturated heterocycles. The number of fused-ring (bicyclic) bond motifs is 3. The van der Waals surface area contributed by atoms with E-state index >= 15 is 0 Å². The van der Waals surface area contributed by atoms with Crippen molar-refractivity contribution >= 4 is 0 Å². The Labute approximate surface area is 158 Å². The second-order valence-electron chi connectivity index (χ2n) is 7.79. The molecule has 0 unspecified atom stereocenters. The van der Waals surface area contributed by atoms with Crippen LogP contribution >= 0.6 is 0 Å². The lowest BCUT2D eigenvalue weighted by Crippen LogP contribution is -2.66. The Morgan fingerprint density at radius 2 is 1.96 bits per heavy atom. The Morgan fingerprint density at radius 1 is 1.15 bits per heavy atom. The van der Waals surface area contributed by atoms with E-state index < -0.39 is 6.10 Å². The van der Waals surface area contributed by atoms with Crippen LogP contribution in [0.2, 0.25) is 0 Å². The molecule has 0 aromatic heterocycles. The number of hydrogen-bond donors (Lipinski definition) is 2. The molecule has 4 aliphatic heterocycles. The number of rotatable bonds is 4.